The quantitative estimate of drug-likeness (QED) is 0.636. The van der Waals surface area contributed by atoms with Crippen LogP contribution in [0.5, 0.6) is 0 Å². The molecule has 2 amide bonds. The third-order valence-corrected chi connectivity index (χ3v) is 8.23. The average molecular weight is 451 g/mol. The van der Waals surface area contributed by atoms with Gasteiger partial charge in [-0.2, -0.15) is 0 Å². The van der Waals surface area contributed by atoms with Gasteiger partial charge in [-0.15, -0.1) is 0 Å². The molecule has 0 N–H and O–H groups in total. The number of allylic oxidation sites excluding steroid dienone is 1. The summed E-state index contributed by atoms with van der Waals surface area (Å²) in [6, 6.07) is 10.5. The Bertz CT molecular complexity index is 960. The van der Waals surface area contributed by atoms with E-state index in [1.54, 1.807) is 6.92 Å². The molecule has 1 aliphatic carbocycles. The Morgan fingerprint density at radius 3 is 2.52 bits per heavy atom. The molecule has 0 saturated carbocycles. The van der Waals surface area contributed by atoms with Crippen LogP contribution < -0.4 is 0 Å². The summed E-state index contributed by atoms with van der Waals surface area (Å²) in [6.45, 7) is 4.13. The van der Waals surface area contributed by atoms with Crippen molar-refractivity contribution in [3.8, 4) is 0 Å². The van der Waals surface area contributed by atoms with Gasteiger partial charge in [-0.25, -0.2) is 0 Å². The lowest BCUT2D eigenvalue weighted by atomic mass is 9.65. The van der Waals surface area contributed by atoms with Gasteiger partial charge in [0.05, 0.1) is 12.5 Å². The van der Waals surface area contributed by atoms with Gasteiger partial charge in [-0.1, -0.05) is 30.3 Å². The highest BCUT2D eigenvalue weighted by Gasteiger charge is 2.63. The minimum Gasteiger partial charge on any atom is -0.465 e. The summed E-state index contributed by atoms with van der Waals surface area (Å²) in [4.78, 5) is 44.1. The van der Waals surface area contributed by atoms with Gasteiger partial charge in [0, 0.05) is 31.8 Å². The molecule has 0 spiro atoms. The minimum atomic E-state index is -0.973. The Hall–Kier alpha value is -2.63. The number of carbonyl (C=O) groups excluding carboxylic acids is 3. The maximum atomic E-state index is 13.6. The first kappa shape index (κ1) is 22.2. The lowest BCUT2D eigenvalue weighted by Gasteiger charge is -2.40. The fraction of sp³-hybridized carbons (Fsp3) is 0.593. The Morgan fingerprint density at radius 1 is 1.06 bits per heavy atom. The second-order valence-electron chi connectivity index (χ2n) is 9.91. The zero-order valence-corrected chi connectivity index (χ0v) is 19.6. The van der Waals surface area contributed by atoms with E-state index in [9.17, 15) is 14.4 Å². The van der Waals surface area contributed by atoms with Gasteiger partial charge < -0.3 is 14.5 Å². The molecule has 3 aliphatic heterocycles. The van der Waals surface area contributed by atoms with Crippen LogP contribution in [0.15, 0.2) is 41.6 Å². The third-order valence-electron chi connectivity index (χ3n) is 8.23. The van der Waals surface area contributed by atoms with Gasteiger partial charge >= 0.3 is 5.97 Å². The molecule has 4 aliphatic rings. The first-order valence-corrected chi connectivity index (χ1v) is 12.6. The van der Waals surface area contributed by atoms with Crippen molar-refractivity contribution in [2.45, 2.75) is 64.2 Å². The van der Waals surface area contributed by atoms with Crippen LogP contribution in [0.25, 0.3) is 0 Å². The van der Waals surface area contributed by atoms with Crippen LogP contribution in [0, 0.1) is 11.3 Å². The van der Waals surface area contributed by atoms with Crippen molar-refractivity contribution < 1.29 is 19.1 Å². The van der Waals surface area contributed by atoms with Gasteiger partial charge in [-0.05, 0) is 68.9 Å². The molecule has 1 aromatic carbocycles. The summed E-state index contributed by atoms with van der Waals surface area (Å²) < 4.78 is 5.54. The smallest absolute Gasteiger partial charge is 0.318 e. The molecule has 3 heterocycles. The molecule has 2 atom stereocenters. The van der Waals surface area contributed by atoms with Crippen molar-refractivity contribution in [1.82, 2.24) is 9.80 Å². The number of benzene rings is 1. The zero-order valence-electron chi connectivity index (χ0n) is 19.6. The van der Waals surface area contributed by atoms with E-state index in [1.807, 2.05) is 15.9 Å². The number of esters is 1. The number of hydrogen-bond donors (Lipinski definition) is 0. The zero-order chi connectivity index (χ0) is 23.0. The number of piperidine rings is 1. The van der Waals surface area contributed by atoms with Gasteiger partial charge in [-0.3, -0.25) is 14.4 Å². The van der Waals surface area contributed by atoms with E-state index in [2.05, 4.69) is 24.3 Å². The number of rotatable bonds is 5. The minimum absolute atomic E-state index is 0.00361. The first-order valence-electron chi connectivity index (χ1n) is 12.6. The molecule has 176 valence electrons. The highest BCUT2D eigenvalue weighted by atomic mass is 16.5. The van der Waals surface area contributed by atoms with Crippen molar-refractivity contribution in [3.05, 3.63) is 47.2 Å². The van der Waals surface area contributed by atoms with E-state index >= 15 is 0 Å². The van der Waals surface area contributed by atoms with Crippen LogP contribution in [0.3, 0.4) is 0 Å². The second-order valence-corrected chi connectivity index (χ2v) is 9.91. The molecule has 0 aromatic heterocycles. The van der Waals surface area contributed by atoms with E-state index in [0.29, 0.717) is 32.0 Å². The number of likely N-dealkylation sites (tertiary alicyclic amines) is 1. The molecule has 2 fully saturated rings. The van der Waals surface area contributed by atoms with Crippen molar-refractivity contribution in [1.29, 1.82) is 0 Å². The summed E-state index contributed by atoms with van der Waals surface area (Å²) in [5.41, 5.74) is 2.48. The Kier molecular flexibility index (Phi) is 6.02. The van der Waals surface area contributed by atoms with Gasteiger partial charge in [0.2, 0.25) is 11.8 Å². The fourth-order valence-corrected chi connectivity index (χ4v) is 6.68. The maximum Gasteiger partial charge on any atom is 0.318 e. The van der Waals surface area contributed by atoms with E-state index in [4.69, 9.17) is 4.74 Å². The van der Waals surface area contributed by atoms with E-state index in [-0.39, 0.29) is 30.8 Å². The van der Waals surface area contributed by atoms with Crippen LogP contribution in [0.4, 0.5) is 0 Å². The molecule has 6 heteroatoms. The molecule has 1 aromatic rings. The topological polar surface area (TPSA) is 66.9 Å². The number of hydrogen-bond acceptors (Lipinski definition) is 4. The summed E-state index contributed by atoms with van der Waals surface area (Å²) in [5.74, 6) is -0.537. The largest absolute Gasteiger partial charge is 0.465 e. The van der Waals surface area contributed by atoms with E-state index in [0.717, 1.165) is 44.2 Å². The van der Waals surface area contributed by atoms with E-state index < -0.39 is 11.3 Å². The lowest BCUT2D eigenvalue weighted by Crippen LogP contribution is -2.45. The highest BCUT2D eigenvalue weighted by molar-refractivity contribution is 5.99. The molecular formula is C27H34N2O4. The maximum absolute atomic E-state index is 13.6. The van der Waals surface area contributed by atoms with Crippen molar-refractivity contribution in [2.24, 2.45) is 11.3 Å². The Labute approximate surface area is 196 Å². The summed E-state index contributed by atoms with van der Waals surface area (Å²) in [7, 11) is 0. The van der Waals surface area contributed by atoms with Crippen molar-refractivity contribution in [2.75, 3.05) is 26.2 Å². The van der Waals surface area contributed by atoms with Crippen LogP contribution in [0.2, 0.25) is 0 Å². The molecule has 0 bridgehead atoms. The Morgan fingerprint density at radius 2 is 1.79 bits per heavy atom. The molecule has 0 radical (unpaired) electrons. The summed E-state index contributed by atoms with van der Waals surface area (Å²) in [5, 5.41) is 0. The number of carbonyl (C=O) groups is 3. The highest BCUT2D eigenvalue weighted by Crippen LogP contribution is 2.57. The predicted molar refractivity (Wildman–Crippen MR) is 124 cm³/mol. The first-order chi connectivity index (χ1) is 16.1. The van der Waals surface area contributed by atoms with Crippen molar-refractivity contribution >= 4 is 17.8 Å². The van der Waals surface area contributed by atoms with E-state index in [1.165, 1.54) is 11.1 Å². The van der Waals surface area contributed by atoms with Crippen LogP contribution >= 0.6 is 0 Å². The van der Waals surface area contributed by atoms with Crippen LogP contribution in [-0.2, 0) is 19.1 Å². The van der Waals surface area contributed by atoms with Crippen molar-refractivity contribution in [3.63, 3.8) is 0 Å². The predicted octanol–water partition coefficient (Wildman–Crippen LogP) is 4.02. The fourth-order valence-electron chi connectivity index (χ4n) is 6.68. The normalized spacial score (nSPS) is 27.5. The molecule has 33 heavy (non-hydrogen) atoms. The molecule has 0 unspecified atom stereocenters. The number of amides is 2. The van der Waals surface area contributed by atoms with Gasteiger partial charge in [0.15, 0.2) is 0 Å². The van der Waals surface area contributed by atoms with Crippen LogP contribution in [0.1, 0.15) is 69.8 Å². The standard InChI is InChI=1S/C27H34N2O4/c1-2-33-26(32)27-14-6-10-21-11-7-15-29(24(21)27)25(31)22(27)18-23(30)28-16-12-20(13-17-28)19-8-4-3-5-9-19/h3-5,8-9,20,22H,2,6-7,10-18H2,1H3/t22-,27-/m1/s1. The lowest BCUT2D eigenvalue weighted by molar-refractivity contribution is -0.158. The summed E-state index contributed by atoms with van der Waals surface area (Å²) >= 11 is 0. The molecule has 6 nitrogen and oxygen atoms in total. The molecule has 2 saturated heterocycles. The van der Waals surface area contributed by atoms with Gasteiger partial charge in [0.1, 0.15) is 5.41 Å². The van der Waals surface area contributed by atoms with Gasteiger partial charge in [0.25, 0.3) is 0 Å². The Balaban J connectivity index is 1.36. The average Bonchev–Trinajstić information content (AvgIpc) is 3.10. The third kappa shape index (κ3) is 3.68. The van der Waals surface area contributed by atoms with Crippen LogP contribution in [-0.4, -0.2) is 53.8 Å². The SMILES string of the molecule is CCOC(=O)[C@@]12CCCC3=C1N(CCC3)C(=O)[C@H]2CC(=O)N1CCC(c2ccccc2)CC1. The summed E-state index contributed by atoms with van der Waals surface area (Å²) in [6.07, 6.45) is 6.23. The number of ether oxygens (including phenoxy) is 1. The molecular weight excluding hydrogens is 416 g/mol. The number of nitrogens with zero attached hydrogens (tertiary/aromatic N) is 2. The molecule has 5 rings (SSSR count). The second kappa shape index (κ2) is 8.96. The monoisotopic (exact) mass is 450 g/mol.